The number of furan rings is 2. The first-order valence-corrected chi connectivity index (χ1v) is 20.0. The quantitative estimate of drug-likeness (QED) is 0.125. The topological polar surface area (TPSA) is 63.4 Å². The van der Waals surface area contributed by atoms with Crippen LogP contribution in [-0.2, 0) is 6.54 Å². The van der Waals surface area contributed by atoms with Crippen molar-refractivity contribution in [1.29, 1.82) is 0 Å². The van der Waals surface area contributed by atoms with Gasteiger partial charge in [0.1, 0.15) is 22.3 Å². The van der Waals surface area contributed by atoms with Gasteiger partial charge in [-0.3, -0.25) is 4.99 Å². The van der Waals surface area contributed by atoms with Crippen molar-refractivity contribution in [2.75, 3.05) is 0 Å². The van der Waals surface area contributed by atoms with Crippen molar-refractivity contribution in [2.24, 2.45) is 15.0 Å². The summed E-state index contributed by atoms with van der Waals surface area (Å²) in [5, 5.41) is 6.55. The van der Waals surface area contributed by atoms with Crippen LogP contribution < -0.4 is 0 Å². The zero-order chi connectivity index (χ0) is 38.6. The second-order valence-electron chi connectivity index (χ2n) is 14.4. The first kappa shape index (κ1) is 33.9. The first-order valence-electron chi connectivity index (χ1n) is 19.2. The average Bonchev–Trinajstić information content (AvgIpc) is 3.98. The molecular formula is C52H33N3O2S. The van der Waals surface area contributed by atoms with Gasteiger partial charge in [0.05, 0.1) is 6.54 Å². The van der Waals surface area contributed by atoms with E-state index in [0.717, 1.165) is 71.7 Å². The van der Waals surface area contributed by atoms with Gasteiger partial charge in [-0.05, 0) is 83.1 Å². The molecule has 0 atom stereocenters. The summed E-state index contributed by atoms with van der Waals surface area (Å²) in [6, 6.07) is 60.8. The van der Waals surface area contributed by atoms with Crippen LogP contribution in [0.3, 0.4) is 0 Å². The molecule has 0 N–H and O–H groups in total. The molecule has 0 amide bonds. The highest BCUT2D eigenvalue weighted by molar-refractivity contribution is 7.25. The second kappa shape index (κ2) is 14.0. The molecule has 6 heteroatoms. The second-order valence-corrected chi connectivity index (χ2v) is 15.5. The van der Waals surface area contributed by atoms with E-state index in [1.54, 1.807) is 0 Å². The molecule has 0 aliphatic heterocycles. The maximum absolute atomic E-state index is 6.48. The Kier molecular flexibility index (Phi) is 8.15. The van der Waals surface area contributed by atoms with Crippen molar-refractivity contribution in [3.05, 3.63) is 193 Å². The van der Waals surface area contributed by atoms with E-state index in [1.807, 2.05) is 59.9 Å². The van der Waals surface area contributed by atoms with Crippen LogP contribution >= 0.6 is 11.3 Å². The Bertz CT molecular complexity index is 3440. The third kappa shape index (κ3) is 5.81. The first-order chi connectivity index (χ1) is 28.7. The molecule has 0 fully saturated rings. The van der Waals surface area contributed by atoms with Gasteiger partial charge in [-0.15, -0.1) is 11.3 Å². The van der Waals surface area contributed by atoms with Crippen LogP contribution in [0.4, 0.5) is 0 Å². The molecule has 0 saturated carbocycles. The summed E-state index contributed by atoms with van der Waals surface area (Å²) in [6.45, 7) is 4.45. The van der Waals surface area contributed by atoms with E-state index >= 15 is 0 Å². The molecule has 0 saturated heterocycles. The number of nitrogens with zero attached hydrogens (tertiary/aromatic N) is 3. The fourth-order valence-corrected chi connectivity index (χ4v) is 9.26. The number of para-hydroxylation sites is 1. The lowest BCUT2D eigenvalue weighted by Crippen LogP contribution is -2.06. The minimum atomic E-state index is 0.418. The van der Waals surface area contributed by atoms with E-state index < -0.39 is 0 Å². The molecule has 11 rings (SSSR count). The van der Waals surface area contributed by atoms with E-state index in [9.17, 15) is 0 Å². The highest BCUT2D eigenvalue weighted by Gasteiger charge is 2.19. The summed E-state index contributed by atoms with van der Waals surface area (Å²) >= 11 is 1.82. The molecule has 58 heavy (non-hydrogen) atoms. The third-order valence-electron chi connectivity index (χ3n) is 10.9. The van der Waals surface area contributed by atoms with Gasteiger partial charge in [0.2, 0.25) is 0 Å². The van der Waals surface area contributed by atoms with E-state index in [4.69, 9.17) is 18.8 Å². The number of thiophene rings is 1. The summed E-state index contributed by atoms with van der Waals surface area (Å²) in [4.78, 5) is 14.9. The molecule has 0 unspecified atom stereocenters. The summed E-state index contributed by atoms with van der Waals surface area (Å²) in [6.07, 6.45) is 0. The molecule has 3 heterocycles. The minimum Gasteiger partial charge on any atom is -0.456 e. The molecule has 0 radical (unpaired) electrons. The Morgan fingerprint density at radius 2 is 1.17 bits per heavy atom. The Morgan fingerprint density at radius 3 is 2.05 bits per heavy atom. The summed E-state index contributed by atoms with van der Waals surface area (Å²) < 4.78 is 15.3. The number of aliphatic imine (C=N–C) groups is 3. The van der Waals surface area contributed by atoms with Gasteiger partial charge in [-0.1, -0.05) is 127 Å². The Labute approximate surface area is 337 Å². The number of rotatable bonds is 6. The smallest absolute Gasteiger partial charge is 0.161 e. The van der Waals surface area contributed by atoms with Gasteiger partial charge in [-0.2, -0.15) is 0 Å². The minimum absolute atomic E-state index is 0.418. The average molecular weight is 764 g/mol. The number of fused-ring (bicyclic) bond motifs is 9. The predicted octanol–water partition coefficient (Wildman–Crippen LogP) is 14.3. The van der Waals surface area contributed by atoms with Crippen molar-refractivity contribution in [2.45, 2.75) is 6.54 Å². The van der Waals surface area contributed by atoms with E-state index in [-0.39, 0.29) is 0 Å². The standard InChI is InChI=1S/C52H33N3O2S/c1-53-52(41-16-9-18-45-49(41)42-29-35(26-28-44(42)56-45)37-15-10-20-48-50(37)40-14-6-8-19-47(40)58-48)55-51(36-25-27-39-38-13-5-7-17-43(38)57-46(39)30-36)54-31-32-21-23-34(24-22-32)33-11-3-2-4-12-33/h2-30H,1,31H2/b54-51-,55-52-. The summed E-state index contributed by atoms with van der Waals surface area (Å²) in [7, 11) is 0. The molecule has 0 aliphatic rings. The van der Waals surface area contributed by atoms with Crippen LogP contribution in [0.1, 0.15) is 16.7 Å². The van der Waals surface area contributed by atoms with Crippen LogP contribution in [0.5, 0.6) is 0 Å². The molecule has 8 aromatic carbocycles. The van der Waals surface area contributed by atoms with Crippen molar-refractivity contribution in [3.8, 4) is 22.3 Å². The number of benzene rings is 8. The van der Waals surface area contributed by atoms with Crippen molar-refractivity contribution < 1.29 is 8.83 Å². The van der Waals surface area contributed by atoms with Gasteiger partial charge in [0.15, 0.2) is 11.7 Å². The largest absolute Gasteiger partial charge is 0.456 e. The molecule has 3 aromatic heterocycles. The maximum Gasteiger partial charge on any atom is 0.161 e. The molecule has 0 bridgehead atoms. The molecule has 5 nitrogen and oxygen atoms in total. The van der Waals surface area contributed by atoms with Crippen LogP contribution in [0.25, 0.3) is 86.3 Å². The number of amidine groups is 2. The number of hydrogen-bond acceptors (Lipinski definition) is 4. The van der Waals surface area contributed by atoms with Crippen molar-refractivity contribution in [1.82, 2.24) is 0 Å². The van der Waals surface area contributed by atoms with Gasteiger partial charge in [0, 0.05) is 52.8 Å². The highest BCUT2D eigenvalue weighted by Crippen LogP contribution is 2.42. The fourth-order valence-electron chi connectivity index (χ4n) is 8.13. The lowest BCUT2D eigenvalue weighted by atomic mass is 9.97. The Hall–Kier alpha value is -7.41. The van der Waals surface area contributed by atoms with Gasteiger partial charge >= 0.3 is 0 Å². The highest BCUT2D eigenvalue weighted by atomic mass is 32.1. The maximum atomic E-state index is 6.48. The van der Waals surface area contributed by atoms with Gasteiger partial charge < -0.3 is 8.83 Å². The van der Waals surface area contributed by atoms with Crippen molar-refractivity contribution in [3.63, 3.8) is 0 Å². The molecule has 274 valence electrons. The zero-order valence-corrected chi connectivity index (χ0v) is 32.0. The summed E-state index contributed by atoms with van der Waals surface area (Å²) in [5.41, 5.74) is 10.5. The van der Waals surface area contributed by atoms with E-state index in [0.29, 0.717) is 18.2 Å². The molecule has 0 spiro atoms. The SMILES string of the molecule is C=N/C(=N\C(=N/Cc1ccc(-c2ccccc2)cc1)c1ccc2c(c1)oc1ccccc12)c1cccc2oc3ccc(-c4cccc5sc6ccccc6c45)cc3c12. The summed E-state index contributed by atoms with van der Waals surface area (Å²) in [5.74, 6) is 0.978. The van der Waals surface area contributed by atoms with Gasteiger partial charge in [-0.25, -0.2) is 9.98 Å². The zero-order valence-electron chi connectivity index (χ0n) is 31.2. The van der Waals surface area contributed by atoms with Crippen LogP contribution in [0, 0.1) is 0 Å². The molecular weight excluding hydrogens is 731 g/mol. The van der Waals surface area contributed by atoms with E-state index in [1.165, 1.54) is 31.3 Å². The Balaban J connectivity index is 1.05. The molecule has 11 aromatic rings. The Morgan fingerprint density at radius 1 is 0.483 bits per heavy atom. The monoisotopic (exact) mass is 763 g/mol. The third-order valence-corrected chi connectivity index (χ3v) is 12.1. The lowest BCUT2D eigenvalue weighted by Gasteiger charge is -2.08. The van der Waals surface area contributed by atoms with Gasteiger partial charge in [0.25, 0.3) is 0 Å². The number of hydrogen-bond donors (Lipinski definition) is 0. The van der Waals surface area contributed by atoms with Crippen molar-refractivity contribution >= 4 is 93.8 Å². The van der Waals surface area contributed by atoms with E-state index in [2.05, 4.69) is 139 Å². The lowest BCUT2D eigenvalue weighted by molar-refractivity contribution is 0.668. The fraction of sp³-hybridized carbons (Fsp3) is 0.0192. The normalized spacial score (nSPS) is 12.5. The van der Waals surface area contributed by atoms with Crippen LogP contribution in [0.2, 0.25) is 0 Å². The molecule has 0 aliphatic carbocycles. The van der Waals surface area contributed by atoms with Crippen LogP contribution in [-0.4, -0.2) is 18.4 Å². The van der Waals surface area contributed by atoms with Crippen LogP contribution in [0.15, 0.2) is 200 Å². The predicted molar refractivity (Wildman–Crippen MR) is 244 cm³/mol.